The first-order valence-corrected chi connectivity index (χ1v) is 10.0. The molecule has 1 saturated heterocycles. The van der Waals surface area contributed by atoms with Gasteiger partial charge in [0.2, 0.25) is 0 Å². The monoisotopic (exact) mass is 397 g/mol. The van der Waals surface area contributed by atoms with Crippen molar-refractivity contribution in [2.45, 2.75) is 37.3 Å². The molecule has 6 atom stereocenters. The Morgan fingerprint density at radius 2 is 1.88 bits per heavy atom. The molecule has 1 aromatic carbocycles. The molecule has 1 aliphatic rings. The van der Waals surface area contributed by atoms with E-state index in [0.717, 1.165) is 12.2 Å². The van der Waals surface area contributed by atoms with Gasteiger partial charge in [0.1, 0.15) is 18.3 Å². The summed E-state index contributed by atoms with van der Waals surface area (Å²) in [4.78, 5) is 11.7. The summed E-state index contributed by atoms with van der Waals surface area (Å²) in [5.74, 6) is 0. The van der Waals surface area contributed by atoms with E-state index in [1.54, 1.807) is 0 Å². The van der Waals surface area contributed by atoms with E-state index in [-0.39, 0.29) is 42.8 Å². The van der Waals surface area contributed by atoms with Crippen LogP contribution in [0.15, 0.2) is 30.3 Å². The number of hydrogen-bond donors (Lipinski definition) is 2. The molecule has 1 heterocycles. The summed E-state index contributed by atoms with van der Waals surface area (Å²) in [6.45, 7) is 1.04. The van der Waals surface area contributed by atoms with Crippen molar-refractivity contribution in [3.05, 3.63) is 35.9 Å². The molecule has 0 bridgehead atoms. The maximum Gasteiger partial charge on any atom is 1.00 e. The molecule has 2 N–H and O–H groups in total. The predicted octanol–water partition coefficient (Wildman–Crippen LogP) is -2.90. The number of rotatable bonds is 8. The van der Waals surface area contributed by atoms with E-state index in [9.17, 15) is 14.6 Å². The number of ether oxygens (including phenoxy) is 4. The van der Waals surface area contributed by atoms with Crippen molar-refractivity contribution in [2.24, 2.45) is 0 Å². The summed E-state index contributed by atoms with van der Waals surface area (Å²) in [6, 6.07) is 8.70. The molecule has 3 unspecified atom stereocenters. The molecule has 1 fully saturated rings. The van der Waals surface area contributed by atoms with Crippen LogP contribution in [0.3, 0.4) is 0 Å². The normalized spacial score (nSPS) is 31.0. The third-order valence-electron chi connectivity index (χ3n) is 4.00. The Morgan fingerprint density at radius 3 is 2.38 bits per heavy atom. The Balaban J connectivity index is 0.00000338. The zero-order chi connectivity index (χ0) is 18.4. The van der Waals surface area contributed by atoms with Crippen molar-refractivity contribution in [1.82, 2.24) is 5.09 Å². The second kappa shape index (κ2) is 11.2. The fourth-order valence-electron chi connectivity index (χ4n) is 2.91. The number of aliphatic hydroxyl groups excluding tert-OH is 1. The van der Waals surface area contributed by atoms with Crippen LogP contribution in [0.2, 0.25) is 0 Å². The zero-order valence-corrected chi connectivity index (χ0v) is 18.4. The van der Waals surface area contributed by atoms with Gasteiger partial charge in [0.05, 0.1) is 26.8 Å². The minimum absolute atomic E-state index is 0. The third-order valence-corrected chi connectivity index (χ3v) is 4.77. The summed E-state index contributed by atoms with van der Waals surface area (Å²) >= 11 is 0. The van der Waals surface area contributed by atoms with Crippen molar-refractivity contribution in [2.75, 3.05) is 27.5 Å². The molecule has 0 saturated carbocycles. The van der Waals surface area contributed by atoms with Crippen LogP contribution < -0.4 is 39.5 Å². The Labute approximate surface area is 176 Å². The van der Waals surface area contributed by atoms with Crippen molar-refractivity contribution in [3.63, 3.8) is 0 Å². The van der Waals surface area contributed by atoms with Crippen LogP contribution in [-0.4, -0.2) is 63.2 Å². The number of aliphatic hydroxyl groups is 1. The quantitative estimate of drug-likeness (QED) is 0.355. The summed E-state index contributed by atoms with van der Waals surface area (Å²) in [7, 11) is -0.971. The van der Waals surface area contributed by atoms with Crippen LogP contribution in [0.4, 0.5) is 0 Å². The average Bonchev–Trinajstić information content (AvgIpc) is 2.59. The fourth-order valence-corrected chi connectivity index (χ4v) is 3.72. The van der Waals surface area contributed by atoms with E-state index in [4.69, 9.17) is 18.9 Å². The van der Waals surface area contributed by atoms with Gasteiger partial charge in [-0.15, -0.1) is 0 Å². The second-order valence-electron chi connectivity index (χ2n) is 5.92. The van der Waals surface area contributed by atoms with Crippen LogP contribution in [0.25, 0.3) is 0 Å². The van der Waals surface area contributed by atoms with Gasteiger partial charge in [0, 0.05) is 14.2 Å². The van der Waals surface area contributed by atoms with E-state index < -0.39 is 38.2 Å². The minimum atomic E-state index is -3.83. The molecule has 0 spiro atoms. The largest absolute Gasteiger partial charge is 1.00 e. The van der Waals surface area contributed by atoms with Gasteiger partial charge in [-0.25, -0.2) is 0 Å². The molecule has 0 radical (unpaired) electrons. The van der Waals surface area contributed by atoms with Crippen molar-refractivity contribution >= 4 is 7.52 Å². The second-order valence-corrected chi connectivity index (χ2v) is 7.87. The number of benzene rings is 1. The van der Waals surface area contributed by atoms with Gasteiger partial charge in [-0.2, -0.15) is 0 Å². The summed E-state index contributed by atoms with van der Waals surface area (Å²) in [5.41, 5.74) is 0.942. The number of nitrogens with one attached hydrogen (secondary N) is 1. The van der Waals surface area contributed by atoms with E-state index in [0.29, 0.717) is 0 Å². The Hall–Kier alpha value is 0.170. The maximum atomic E-state index is 11.7. The van der Waals surface area contributed by atoms with Crippen molar-refractivity contribution in [1.29, 1.82) is 0 Å². The predicted molar refractivity (Wildman–Crippen MR) is 89.0 cm³/mol. The van der Waals surface area contributed by atoms with Gasteiger partial charge in [0.25, 0.3) is 0 Å². The Bertz CT molecular complexity index is 573. The molecule has 26 heavy (non-hydrogen) atoms. The topological polar surface area (TPSA) is 109 Å². The van der Waals surface area contributed by atoms with Crippen LogP contribution in [0.5, 0.6) is 0 Å². The molecule has 1 aromatic rings. The summed E-state index contributed by atoms with van der Waals surface area (Å²) in [5, 5.41) is 12.1. The molecule has 10 heteroatoms. The summed E-state index contributed by atoms with van der Waals surface area (Å²) < 4.78 is 34.0. The SMILES string of the molecule is COC1[C@H](OCc2ccccc2)C(CO)O[C@@H](OC)[C@H]1NP(C)(=O)[O-].[Na+]. The van der Waals surface area contributed by atoms with Crippen LogP contribution in [0.1, 0.15) is 5.56 Å². The maximum absolute atomic E-state index is 11.7. The fraction of sp³-hybridized carbons (Fsp3) is 0.625. The number of methoxy groups -OCH3 is 2. The van der Waals surface area contributed by atoms with Gasteiger partial charge in [-0.05, 0) is 12.2 Å². The van der Waals surface area contributed by atoms with Crippen LogP contribution >= 0.6 is 7.52 Å². The molecule has 142 valence electrons. The Morgan fingerprint density at radius 1 is 1.23 bits per heavy atom. The number of hydrogen-bond acceptors (Lipinski definition) is 7. The van der Waals surface area contributed by atoms with E-state index >= 15 is 0 Å². The molecule has 2 rings (SSSR count). The van der Waals surface area contributed by atoms with Gasteiger partial charge in [-0.1, -0.05) is 30.3 Å². The summed E-state index contributed by atoms with van der Waals surface area (Å²) in [6.07, 6.45) is -2.98. The van der Waals surface area contributed by atoms with Gasteiger partial charge in [0.15, 0.2) is 6.29 Å². The van der Waals surface area contributed by atoms with E-state index in [1.807, 2.05) is 30.3 Å². The first kappa shape index (κ1) is 24.2. The molecule has 0 amide bonds. The Kier molecular flexibility index (Phi) is 10.5. The zero-order valence-electron chi connectivity index (χ0n) is 15.5. The first-order chi connectivity index (χ1) is 11.9. The first-order valence-electron chi connectivity index (χ1n) is 7.93. The van der Waals surface area contributed by atoms with Crippen LogP contribution in [-0.2, 0) is 30.1 Å². The van der Waals surface area contributed by atoms with Gasteiger partial charge < -0.3 is 33.5 Å². The average molecular weight is 397 g/mol. The third kappa shape index (κ3) is 6.65. The van der Waals surface area contributed by atoms with E-state index in [1.165, 1.54) is 14.2 Å². The minimum Gasteiger partial charge on any atom is -0.788 e. The van der Waals surface area contributed by atoms with E-state index in [2.05, 4.69) is 5.09 Å². The van der Waals surface area contributed by atoms with Gasteiger partial charge >= 0.3 is 29.6 Å². The standard InChI is InChI=1S/C16H26NO7P.Na/c1-21-15-13(17-25(3,19)20)16(22-2)24-12(9-18)14(15)23-10-11-7-5-4-6-8-11;/h4-8,12-16,18H,9-10H2,1-3H3,(H2,17,19,20);/q;+1/p-1/t12?,13-,14+,15?,16+;/m0./s1. The van der Waals surface area contributed by atoms with Crippen molar-refractivity contribution < 1.29 is 63.1 Å². The van der Waals surface area contributed by atoms with Crippen LogP contribution in [0, 0.1) is 0 Å². The van der Waals surface area contributed by atoms with Crippen molar-refractivity contribution in [3.8, 4) is 0 Å². The molecule has 1 aliphatic heterocycles. The molecule has 0 aliphatic carbocycles. The smallest absolute Gasteiger partial charge is 0.788 e. The van der Waals surface area contributed by atoms with Gasteiger partial charge in [-0.3, -0.25) is 5.09 Å². The molecule has 8 nitrogen and oxygen atoms in total. The molecular formula is C16H25NNaO7P. The molecular weight excluding hydrogens is 372 g/mol. The molecule has 0 aromatic heterocycles.